The molecule has 0 radical (unpaired) electrons. The van der Waals surface area contributed by atoms with Crippen molar-refractivity contribution in [1.82, 2.24) is 0 Å². The lowest BCUT2D eigenvalue weighted by Gasteiger charge is -2.14. The molecule has 3 rings (SSSR count). The Morgan fingerprint density at radius 1 is 0.655 bits per heavy atom. The molecule has 0 saturated carbocycles. The molecule has 148 valence electrons. The second kappa shape index (κ2) is 9.32. The van der Waals surface area contributed by atoms with E-state index in [0.717, 1.165) is 0 Å². The average molecular weight is 429 g/mol. The number of rotatable bonds is 4. The van der Waals surface area contributed by atoms with Gasteiger partial charge in [0, 0.05) is 32.8 Å². The molecule has 8 heteroatoms. The minimum absolute atomic E-state index is 0.420. The van der Waals surface area contributed by atoms with E-state index in [-0.39, 0.29) is 0 Å². The first-order chi connectivity index (χ1) is 13.9. The number of hydrogen-bond donors (Lipinski definition) is 4. The molecule has 3 aromatic carbocycles. The fourth-order valence-corrected chi connectivity index (χ4v) is 2.99. The monoisotopic (exact) mass is 428 g/mol. The van der Waals surface area contributed by atoms with Crippen LogP contribution in [0.3, 0.4) is 0 Å². The molecular weight excluding hydrogens is 411 g/mol. The molecule has 0 heterocycles. The van der Waals surface area contributed by atoms with Crippen LogP contribution in [0.5, 0.6) is 0 Å². The Hall–Kier alpha value is -3.22. The third-order valence-corrected chi connectivity index (χ3v) is 4.47. The molecule has 3 aromatic rings. The van der Waals surface area contributed by atoms with Crippen molar-refractivity contribution in [2.45, 2.75) is 6.92 Å². The van der Waals surface area contributed by atoms with Crippen LogP contribution in [0, 0.1) is 6.92 Å². The van der Waals surface area contributed by atoms with E-state index in [0.29, 0.717) is 38.4 Å². The van der Waals surface area contributed by atoms with E-state index >= 15 is 0 Å². The lowest BCUT2D eigenvalue weighted by molar-refractivity contribution is 0.261. The second-order valence-corrected chi connectivity index (χ2v) is 7.03. The molecule has 0 aliphatic rings. The van der Waals surface area contributed by atoms with Gasteiger partial charge in [0.2, 0.25) is 0 Å². The van der Waals surface area contributed by atoms with Crippen LogP contribution in [0.4, 0.5) is 32.3 Å². The van der Waals surface area contributed by atoms with Gasteiger partial charge in [-0.25, -0.2) is 9.59 Å². The molecule has 4 amide bonds. The highest BCUT2D eigenvalue weighted by Gasteiger charge is 2.10. The summed E-state index contributed by atoms with van der Waals surface area (Å²) in [7, 11) is 0. The Morgan fingerprint density at radius 3 is 1.48 bits per heavy atom. The fourth-order valence-electron chi connectivity index (χ4n) is 2.61. The summed E-state index contributed by atoms with van der Waals surface area (Å²) in [4.78, 5) is 24.5. The third-order valence-electron chi connectivity index (χ3n) is 4.00. The molecule has 0 aromatic heterocycles. The maximum absolute atomic E-state index is 12.3. The zero-order chi connectivity index (χ0) is 20.8. The lowest BCUT2D eigenvalue weighted by Crippen LogP contribution is -2.22. The van der Waals surface area contributed by atoms with Crippen molar-refractivity contribution >= 4 is 58.0 Å². The quantitative estimate of drug-likeness (QED) is 0.377. The van der Waals surface area contributed by atoms with Gasteiger partial charge in [-0.15, -0.1) is 0 Å². The van der Waals surface area contributed by atoms with E-state index in [1.807, 2.05) is 0 Å². The number of nitrogens with one attached hydrogen (secondary N) is 4. The van der Waals surface area contributed by atoms with Crippen LogP contribution in [0.25, 0.3) is 0 Å². The van der Waals surface area contributed by atoms with Gasteiger partial charge in [0.15, 0.2) is 0 Å². The van der Waals surface area contributed by atoms with Gasteiger partial charge in [-0.1, -0.05) is 41.4 Å². The molecule has 4 N–H and O–H groups in total. The number of hydrogen-bond acceptors (Lipinski definition) is 2. The zero-order valence-electron chi connectivity index (χ0n) is 15.4. The molecule has 0 bridgehead atoms. The predicted molar refractivity (Wildman–Crippen MR) is 119 cm³/mol. The van der Waals surface area contributed by atoms with Crippen molar-refractivity contribution in [3.63, 3.8) is 0 Å². The van der Waals surface area contributed by atoms with E-state index in [4.69, 9.17) is 23.2 Å². The molecule has 6 nitrogen and oxygen atoms in total. The van der Waals surface area contributed by atoms with E-state index in [9.17, 15) is 9.59 Å². The molecule has 0 atom stereocenters. The minimum Gasteiger partial charge on any atom is -0.308 e. The van der Waals surface area contributed by atoms with Crippen LogP contribution in [0.15, 0.2) is 66.7 Å². The number of carbonyl (C=O) groups excluding carboxylic acids is 2. The number of amides is 4. The van der Waals surface area contributed by atoms with Gasteiger partial charge in [-0.05, 0) is 61.0 Å². The SMILES string of the molecule is Cc1c(NC(=O)Nc2cccc(Cl)c2)cccc1NC(=O)Nc1cccc(Cl)c1. The maximum Gasteiger partial charge on any atom is 0.323 e. The van der Waals surface area contributed by atoms with E-state index in [2.05, 4.69) is 21.3 Å². The fraction of sp³-hybridized carbons (Fsp3) is 0.0476. The smallest absolute Gasteiger partial charge is 0.308 e. The van der Waals surface area contributed by atoms with Crippen molar-refractivity contribution in [2.75, 3.05) is 21.3 Å². The molecule has 0 aliphatic heterocycles. The van der Waals surface area contributed by atoms with Crippen LogP contribution < -0.4 is 21.3 Å². The molecule has 0 spiro atoms. The number of benzene rings is 3. The number of anilines is 4. The summed E-state index contributed by atoms with van der Waals surface area (Å²) in [5.41, 5.74) is 2.97. The lowest BCUT2D eigenvalue weighted by atomic mass is 10.1. The normalized spacial score (nSPS) is 10.2. The largest absolute Gasteiger partial charge is 0.323 e. The third kappa shape index (κ3) is 5.88. The zero-order valence-corrected chi connectivity index (χ0v) is 16.9. The second-order valence-electron chi connectivity index (χ2n) is 6.16. The Kier molecular flexibility index (Phi) is 6.59. The molecular formula is C21H18Cl2N4O2. The van der Waals surface area contributed by atoms with Crippen LogP contribution in [-0.2, 0) is 0 Å². The number of urea groups is 2. The van der Waals surface area contributed by atoms with Gasteiger partial charge in [0.1, 0.15) is 0 Å². The van der Waals surface area contributed by atoms with Crippen molar-refractivity contribution in [3.8, 4) is 0 Å². The van der Waals surface area contributed by atoms with Crippen molar-refractivity contribution in [2.24, 2.45) is 0 Å². The van der Waals surface area contributed by atoms with Crippen LogP contribution in [0.2, 0.25) is 10.0 Å². The summed E-state index contributed by atoms with van der Waals surface area (Å²) in [5, 5.41) is 12.0. The van der Waals surface area contributed by atoms with Gasteiger partial charge >= 0.3 is 12.1 Å². The molecule has 0 unspecified atom stereocenters. The van der Waals surface area contributed by atoms with Crippen LogP contribution in [-0.4, -0.2) is 12.1 Å². The predicted octanol–water partition coefficient (Wildman–Crippen LogP) is 6.59. The Labute approximate surface area is 178 Å². The average Bonchev–Trinajstić information content (AvgIpc) is 2.65. The molecule has 0 fully saturated rings. The molecule has 0 aliphatic carbocycles. The highest BCUT2D eigenvalue weighted by atomic mass is 35.5. The van der Waals surface area contributed by atoms with E-state index in [1.165, 1.54) is 0 Å². The first-order valence-electron chi connectivity index (χ1n) is 8.67. The summed E-state index contributed by atoms with van der Waals surface area (Å²) >= 11 is 11.8. The Balaban J connectivity index is 1.65. The molecule has 0 saturated heterocycles. The highest BCUT2D eigenvalue weighted by Crippen LogP contribution is 2.24. The van der Waals surface area contributed by atoms with Gasteiger partial charge in [-0.3, -0.25) is 0 Å². The summed E-state index contributed by atoms with van der Waals surface area (Å²) in [6, 6.07) is 18.1. The van der Waals surface area contributed by atoms with Gasteiger partial charge in [-0.2, -0.15) is 0 Å². The number of carbonyl (C=O) groups is 2. The molecule has 29 heavy (non-hydrogen) atoms. The summed E-state index contributed by atoms with van der Waals surface area (Å²) in [6.45, 7) is 1.80. The first-order valence-corrected chi connectivity index (χ1v) is 9.43. The van der Waals surface area contributed by atoms with E-state index in [1.54, 1.807) is 73.7 Å². The van der Waals surface area contributed by atoms with Crippen LogP contribution in [0.1, 0.15) is 5.56 Å². The standard InChI is InChI=1S/C21H18Cl2N4O2/c1-13-18(26-20(28)24-16-7-2-5-14(22)11-16)9-4-10-19(13)27-21(29)25-17-8-3-6-15(23)12-17/h2-12H,1H3,(H2,24,26,28)(H2,25,27,29). The number of halogens is 2. The highest BCUT2D eigenvalue weighted by molar-refractivity contribution is 6.31. The topological polar surface area (TPSA) is 82.3 Å². The van der Waals surface area contributed by atoms with Crippen molar-refractivity contribution in [3.05, 3.63) is 82.3 Å². The Bertz CT molecular complexity index is 977. The summed E-state index contributed by atoms with van der Waals surface area (Å²) in [5.74, 6) is 0. The van der Waals surface area contributed by atoms with E-state index < -0.39 is 12.1 Å². The van der Waals surface area contributed by atoms with Crippen molar-refractivity contribution in [1.29, 1.82) is 0 Å². The van der Waals surface area contributed by atoms with Gasteiger partial charge in [0.05, 0.1) is 0 Å². The van der Waals surface area contributed by atoms with Gasteiger partial charge < -0.3 is 21.3 Å². The van der Waals surface area contributed by atoms with Crippen molar-refractivity contribution < 1.29 is 9.59 Å². The maximum atomic E-state index is 12.3. The van der Waals surface area contributed by atoms with Gasteiger partial charge in [0.25, 0.3) is 0 Å². The minimum atomic E-state index is -0.420. The summed E-state index contributed by atoms with van der Waals surface area (Å²) < 4.78 is 0. The Morgan fingerprint density at radius 2 is 1.07 bits per heavy atom. The van der Waals surface area contributed by atoms with Crippen LogP contribution >= 0.6 is 23.2 Å². The summed E-state index contributed by atoms with van der Waals surface area (Å²) in [6.07, 6.45) is 0. The first kappa shape index (κ1) is 20.5.